The number of hydrogen-bond acceptors (Lipinski definition) is 2. The normalized spacial score (nSPS) is 40.6. The van der Waals surface area contributed by atoms with E-state index in [0.717, 1.165) is 23.7 Å². The van der Waals surface area contributed by atoms with Crippen molar-refractivity contribution in [3.63, 3.8) is 0 Å². The quantitative estimate of drug-likeness (QED) is 0.825. The fraction of sp³-hybridized carbons (Fsp3) is 1.00. The Bertz CT molecular complexity index is 287. The zero-order valence-corrected chi connectivity index (χ0v) is 13.1. The van der Waals surface area contributed by atoms with Gasteiger partial charge in [0.05, 0.1) is 0 Å². The minimum Gasteiger partial charge on any atom is -0.316 e. The van der Waals surface area contributed by atoms with E-state index in [1.54, 1.807) is 0 Å². The third kappa shape index (κ3) is 3.16. The fourth-order valence-corrected chi connectivity index (χ4v) is 4.68. The van der Waals surface area contributed by atoms with Crippen LogP contribution in [0.3, 0.4) is 0 Å². The van der Waals surface area contributed by atoms with Gasteiger partial charge in [-0.05, 0) is 67.9 Å². The zero-order chi connectivity index (χ0) is 13.5. The van der Waals surface area contributed by atoms with Crippen molar-refractivity contribution in [2.24, 2.45) is 29.1 Å². The number of nitrogens with one attached hydrogen (secondary N) is 1. The van der Waals surface area contributed by atoms with Crippen LogP contribution in [0.4, 0.5) is 0 Å². The van der Waals surface area contributed by atoms with E-state index in [1.165, 1.54) is 58.4 Å². The van der Waals surface area contributed by atoms with Crippen molar-refractivity contribution in [1.82, 2.24) is 10.2 Å². The van der Waals surface area contributed by atoms with Crippen molar-refractivity contribution in [2.75, 3.05) is 32.7 Å². The van der Waals surface area contributed by atoms with Gasteiger partial charge in [-0.1, -0.05) is 20.8 Å². The Kier molecular flexibility index (Phi) is 3.92. The van der Waals surface area contributed by atoms with Crippen LogP contribution in [0.1, 0.15) is 46.5 Å². The summed E-state index contributed by atoms with van der Waals surface area (Å²) in [4.78, 5) is 2.78. The van der Waals surface area contributed by atoms with Gasteiger partial charge < -0.3 is 10.2 Å². The van der Waals surface area contributed by atoms with Gasteiger partial charge in [0, 0.05) is 19.6 Å². The van der Waals surface area contributed by atoms with Crippen molar-refractivity contribution in [3.8, 4) is 0 Å². The van der Waals surface area contributed by atoms with Crippen LogP contribution in [0.5, 0.6) is 0 Å². The summed E-state index contributed by atoms with van der Waals surface area (Å²) in [7, 11) is 0. The summed E-state index contributed by atoms with van der Waals surface area (Å²) >= 11 is 0. The van der Waals surface area contributed by atoms with Gasteiger partial charge in [-0.2, -0.15) is 0 Å². The molecule has 2 atom stereocenters. The van der Waals surface area contributed by atoms with Crippen LogP contribution < -0.4 is 5.32 Å². The summed E-state index contributed by atoms with van der Waals surface area (Å²) < 4.78 is 0. The van der Waals surface area contributed by atoms with E-state index in [4.69, 9.17) is 0 Å². The van der Waals surface area contributed by atoms with Crippen molar-refractivity contribution >= 4 is 0 Å². The lowest BCUT2D eigenvalue weighted by Crippen LogP contribution is -2.34. The summed E-state index contributed by atoms with van der Waals surface area (Å²) in [5.41, 5.74) is 0.529. The molecule has 0 bridgehead atoms. The van der Waals surface area contributed by atoms with Gasteiger partial charge in [0.15, 0.2) is 0 Å². The zero-order valence-electron chi connectivity index (χ0n) is 13.1. The number of rotatable bonds is 2. The van der Waals surface area contributed by atoms with Crippen molar-refractivity contribution in [3.05, 3.63) is 0 Å². The van der Waals surface area contributed by atoms with Gasteiger partial charge >= 0.3 is 0 Å². The summed E-state index contributed by atoms with van der Waals surface area (Å²) in [5, 5.41) is 3.54. The first-order valence-corrected chi connectivity index (χ1v) is 8.45. The van der Waals surface area contributed by atoms with Gasteiger partial charge in [0.1, 0.15) is 0 Å². The molecule has 1 saturated carbocycles. The number of hydrogen-bond donors (Lipinski definition) is 1. The van der Waals surface area contributed by atoms with E-state index in [9.17, 15) is 0 Å². The molecule has 110 valence electrons. The third-order valence-electron chi connectivity index (χ3n) is 6.05. The maximum atomic E-state index is 3.54. The monoisotopic (exact) mass is 264 g/mol. The van der Waals surface area contributed by atoms with E-state index in [2.05, 4.69) is 31.0 Å². The average molecular weight is 264 g/mol. The van der Waals surface area contributed by atoms with E-state index in [-0.39, 0.29) is 0 Å². The predicted molar refractivity (Wildman–Crippen MR) is 81.2 cm³/mol. The molecule has 0 aromatic rings. The van der Waals surface area contributed by atoms with E-state index in [1.807, 2.05) is 0 Å². The van der Waals surface area contributed by atoms with Gasteiger partial charge in [-0.3, -0.25) is 0 Å². The lowest BCUT2D eigenvalue weighted by molar-refractivity contribution is 0.129. The molecule has 1 aliphatic carbocycles. The second kappa shape index (κ2) is 5.37. The van der Waals surface area contributed by atoms with Crippen LogP contribution in [-0.2, 0) is 0 Å². The molecular weight excluding hydrogens is 232 g/mol. The van der Waals surface area contributed by atoms with Crippen LogP contribution in [0, 0.1) is 29.1 Å². The molecule has 3 rings (SSSR count). The molecule has 2 saturated heterocycles. The average Bonchev–Trinajstić information content (AvgIpc) is 2.89. The van der Waals surface area contributed by atoms with Crippen LogP contribution in [-0.4, -0.2) is 37.6 Å². The molecule has 2 unspecified atom stereocenters. The lowest BCUT2D eigenvalue weighted by Gasteiger charge is -2.38. The van der Waals surface area contributed by atoms with Crippen LogP contribution in [0.2, 0.25) is 0 Å². The molecular formula is C17H32N2. The molecule has 3 aliphatic rings. The molecule has 2 heterocycles. The van der Waals surface area contributed by atoms with Crippen LogP contribution in [0.25, 0.3) is 0 Å². The molecule has 2 heteroatoms. The molecule has 0 radical (unpaired) electrons. The molecule has 2 aliphatic heterocycles. The molecule has 3 fully saturated rings. The molecule has 2 nitrogen and oxygen atoms in total. The second-order valence-electron chi connectivity index (χ2n) is 8.48. The van der Waals surface area contributed by atoms with E-state index >= 15 is 0 Å². The highest BCUT2D eigenvalue weighted by molar-refractivity contribution is 4.92. The largest absolute Gasteiger partial charge is 0.316 e. The van der Waals surface area contributed by atoms with Gasteiger partial charge in [0.2, 0.25) is 0 Å². The molecule has 0 aromatic carbocycles. The Morgan fingerprint density at radius 2 is 1.53 bits per heavy atom. The molecule has 0 amide bonds. The Labute approximate surface area is 119 Å². The van der Waals surface area contributed by atoms with E-state index in [0.29, 0.717) is 5.41 Å². The third-order valence-corrected chi connectivity index (χ3v) is 6.05. The number of nitrogens with zero attached hydrogens (tertiary/aromatic N) is 1. The van der Waals surface area contributed by atoms with Crippen LogP contribution >= 0.6 is 0 Å². The Hall–Kier alpha value is -0.0800. The van der Waals surface area contributed by atoms with Gasteiger partial charge in [0.25, 0.3) is 0 Å². The highest BCUT2D eigenvalue weighted by Gasteiger charge is 2.37. The Morgan fingerprint density at radius 3 is 2.05 bits per heavy atom. The standard InChI is InChI=1S/C17H32N2/c1-17(2,3)16-6-4-13(5-7-16)10-19-11-14-8-18-9-15(14)12-19/h13-16,18H,4-12H2,1-3H3. The van der Waals surface area contributed by atoms with Gasteiger partial charge in [-0.25, -0.2) is 0 Å². The summed E-state index contributed by atoms with van der Waals surface area (Å²) in [5.74, 6) is 3.88. The SMILES string of the molecule is CC(C)(C)C1CCC(CN2CC3CNCC3C2)CC1. The topological polar surface area (TPSA) is 15.3 Å². The minimum atomic E-state index is 0.529. The predicted octanol–water partition coefficient (Wildman–Crippen LogP) is 2.99. The van der Waals surface area contributed by atoms with Crippen molar-refractivity contribution < 1.29 is 0 Å². The molecule has 0 aromatic heterocycles. The maximum absolute atomic E-state index is 3.54. The minimum absolute atomic E-state index is 0.529. The maximum Gasteiger partial charge on any atom is 0.00257 e. The molecule has 0 spiro atoms. The van der Waals surface area contributed by atoms with Crippen molar-refractivity contribution in [1.29, 1.82) is 0 Å². The van der Waals surface area contributed by atoms with E-state index < -0.39 is 0 Å². The Morgan fingerprint density at radius 1 is 0.947 bits per heavy atom. The molecule has 1 N–H and O–H groups in total. The van der Waals surface area contributed by atoms with Gasteiger partial charge in [-0.15, -0.1) is 0 Å². The Balaban J connectivity index is 1.43. The summed E-state index contributed by atoms with van der Waals surface area (Å²) in [6.07, 6.45) is 5.89. The highest BCUT2D eigenvalue weighted by atomic mass is 15.2. The number of fused-ring (bicyclic) bond motifs is 1. The smallest absolute Gasteiger partial charge is 0.00257 e. The first-order valence-electron chi connectivity index (χ1n) is 8.45. The van der Waals surface area contributed by atoms with Crippen LogP contribution in [0.15, 0.2) is 0 Å². The molecule has 19 heavy (non-hydrogen) atoms. The summed E-state index contributed by atoms with van der Waals surface area (Å²) in [6.45, 7) is 14.0. The summed E-state index contributed by atoms with van der Waals surface area (Å²) in [6, 6.07) is 0. The first kappa shape index (κ1) is 13.9. The highest BCUT2D eigenvalue weighted by Crippen LogP contribution is 2.40. The second-order valence-corrected chi connectivity index (χ2v) is 8.48. The lowest BCUT2D eigenvalue weighted by atomic mass is 9.70. The first-order chi connectivity index (χ1) is 9.02. The number of likely N-dealkylation sites (tertiary alicyclic amines) is 1. The van der Waals surface area contributed by atoms with Crippen molar-refractivity contribution in [2.45, 2.75) is 46.5 Å². The fourth-order valence-electron chi connectivity index (χ4n) is 4.68.